The fourth-order valence-electron chi connectivity index (χ4n) is 2.49. The SMILES string of the molecule is CC1CCN(C(=O)c2cc(S(N)(=O)=O)cn2C(C)C)C1. The second-order valence-corrected chi connectivity index (χ2v) is 7.31. The molecule has 1 aromatic rings. The van der Waals surface area contributed by atoms with Crippen molar-refractivity contribution in [2.45, 2.75) is 38.1 Å². The highest BCUT2D eigenvalue weighted by atomic mass is 32.2. The van der Waals surface area contributed by atoms with E-state index in [1.165, 1.54) is 12.3 Å². The Balaban J connectivity index is 2.39. The number of carbonyl (C=O) groups is 1. The Hall–Kier alpha value is -1.34. The van der Waals surface area contributed by atoms with Crippen molar-refractivity contribution in [1.29, 1.82) is 0 Å². The largest absolute Gasteiger partial charge is 0.340 e. The van der Waals surface area contributed by atoms with Crippen molar-refractivity contribution in [3.05, 3.63) is 18.0 Å². The highest BCUT2D eigenvalue weighted by Crippen LogP contribution is 2.23. The lowest BCUT2D eigenvalue weighted by molar-refractivity contribution is 0.0775. The number of rotatable bonds is 3. The molecule has 2 N–H and O–H groups in total. The Morgan fingerprint density at radius 1 is 1.45 bits per heavy atom. The number of nitrogens with two attached hydrogens (primary N) is 1. The lowest BCUT2D eigenvalue weighted by Crippen LogP contribution is -2.30. The summed E-state index contributed by atoms with van der Waals surface area (Å²) in [6.07, 6.45) is 2.42. The first-order chi connectivity index (χ1) is 9.20. The Kier molecular flexibility index (Phi) is 3.93. The van der Waals surface area contributed by atoms with E-state index in [1.54, 1.807) is 9.47 Å². The van der Waals surface area contributed by atoms with Crippen molar-refractivity contribution in [3.63, 3.8) is 0 Å². The minimum atomic E-state index is -3.80. The smallest absolute Gasteiger partial charge is 0.270 e. The van der Waals surface area contributed by atoms with Crippen LogP contribution in [0.3, 0.4) is 0 Å². The Labute approximate surface area is 119 Å². The molecule has 1 unspecified atom stereocenters. The van der Waals surface area contributed by atoms with Crippen LogP contribution in [0.25, 0.3) is 0 Å². The lowest BCUT2D eigenvalue weighted by atomic mass is 10.2. The van der Waals surface area contributed by atoms with Gasteiger partial charge in [0, 0.05) is 25.3 Å². The van der Waals surface area contributed by atoms with Gasteiger partial charge in [-0.1, -0.05) is 6.92 Å². The summed E-state index contributed by atoms with van der Waals surface area (Å²) in [6, 6.07) is 1.37. The number of nitrogens with zero attached hydrogens (tertiary/aromatic N) is 2. The van der Waals surface area contributed by atoms with Gasteiger partial charge in [0.05, 0.1) is 0 Å². The highest BCUT2D eigenvalue weighted by Gasteiger charge is 2.28. The first kappa shape index (κ1) is 15.1. The predicted molar refractivity (Wildman–Crippen MR) is 75.9 cm³/mol. The van der Waals surface area contributed by atoms with Gasteiger partial charge >= 0.3 is 0 Å². The van der Waals surface area contributed by atoms with Crippen molar-refractivity contribution in [1.82, 2.24) is 9.47 Å². The molecule has 1 fully saturated rings. The van der Waals surface area contributed by atoms with Crippen molar-refractivity contribution in [2.75, 3.05) is 13.1 Å². The third-order valence-corrected chi connectivity index (χ3v) is 4.52. The zero-order valence-electron chi connectivity index (χ0n) is 12.0. The van der Waals surface area contributed by atoms with Crippen LogP contribution in [0.5, 0.6) is 0 Å². The van der Waals surface area contributed by atoms with Crippen LogP contribution in [0.2, 0.25) is 0 Å². The van der Waals surface area contributed by atoms with E-state index in [9.17, 15) is 13.2 Å². The van der Waals surface area contributed by atoms with E-state index in [0.29, 0.717) is 24.7 Å². The summed E-state index contributed by atoms with van der Waals surface area (Å²) in [5, 5.41) is 5.15. The monoisotopic (exact) mass is 299 g/mol. The molecule has 0 radical (unpaired) electrons. The van der Waals surface area contributed by atoms with Crippen molar-refractivity contribution < 1.29 is 13.2 Å². The van der Waals surface area contributed by atoms with Gasteiger partial charge in [-0.2, -0.15) is 0 Å². The first-order valence-corrected chi connectivity index (χ1v) is 8.28. The van der Waals surface area contributed by atoms with E-state index in [-0.39, 0.29) is 16.8 Å². The molecule has 1 aliphatic rings. The molecular weight excluding hydrogens is 278 g/mol. The second kappa shape index (κ2) is 5.21. The highest BCUT2D eigenvalue weighted by molar-refractivity contribution is 7.89. The van der Waals surface area contributed by atoms with Gasteiger partial charge in [-0.15, -0.1) is 0 Å². The summed E-state index contributed by atoms with van der Waals surface area (Å²) in [4.78, 5) is 14.3. The number of aromatic nitrogens is 1. The molecule has 2 heterocycles. The van der Waals surface area contributed by atoms with Crippen LogP contribution in [0, 0.1) is 5.92 Å². The molecule has 0 aromatic carbocycles. The number of likely N-dealkylation sites (tertiary alicyclic amines) is 1. The van der Waals surface area contributed by atoms with E-state index in [1.807, 2.05) is 13.8 Å². The predicted octanol–water partition coefficient (Wildman–Crippen LogP) is 1.20. The topological polar surface area (TPSA) is 85.4 Å². The lowest BCUT2D eigenvalue weighted by Gasteiger charge is -2.19. The maximum atomic E-state index is 12.5. The Morgan fingerprint density at radius 2 is 2.10 bits per heavy atom. The van der Waals surface area contributed by atoms with E-state index < -0.39 is 10.0 Å². The average molecular weight is 299 g/mol. The average Bonchev–Trinajstić information content (AvgIpc) is 2.92. The van der Waals surface area contributed by atoms with Gasteiger partial charge < -0.3 is 9.47 Å². The Bertz CT molecular complexity index is 619. The molecule has 112 valence electrons. The number of hydrogen-bond donors (Lipinski definition) is 1. The molecule has 1 atom stereocenters. The van der Waals surface area contributed by atoms with Crippen LogP contribution < -0.4 is 5.14 Å². The van der Waals surface area contributed by atoms with Gasteiger partial charge in [0.25, 0.3) is 5.91 Å². The number of carbonyl (C=O) groups excluding carboxylic acids is 1. The van der Waals surface area contributed by atoms with Crippen molar-refractivity contribution in [3.8, 4) is 0 Å². The fraction of sp³-hybridized carbons (Fsp3) is 0.615. The third kappa shape index (κ3) is 2.88. The molecular formula is C13H21N3O3S. The molecule has 1 aromatic heterocycles. The summed E-state index contributed by atoms with van der Waals surface area (Å²) < 4.78 is 24.6. The maximum Gasteiger partial charge on any atom is 0.270 e. The van der Waals surface area contributed by atoms with Crippen LogP contribution in [-0.2, 0) is 10.0 Å². The van der Waals surface area contributed by atoms with Gasteiger partial charge in [-0.3, -0.25) is 4.79 Å². The quantitative estimate of drug-likeness (QED) is 0.910. The standard InChI is InChI=1S/C13H21N3O3S/c1-9(2)16-8-11(20(14,18)19)6-12(16)13(17)15-5-4-10(3)7-15/h6,8-10H,4-5,7H2,1-3H3,(H2,14,18,19). The van der Waals surface area contributed by atoms with Gasteiger partial charge in [-0.25, -0.2) is 13.6 Å². The molecule has 0 saturated carbocycles. The molecule has 6 nitrogen and oxygen atoms in total. The molecule has 2 rings (SSSR count). The van der Waals surface area contributed by atoms with Crippen LogP contribution in [-0.4, -0.2) is 36.9 Å². The van der Waals surface area contributed by atoms with E-state index in [2.05, 4.69) is 6.92 Å². The van der Waals surface area contributed by atoms with E-state index in [0.717, 1.165) is 6.42 Å². The fourth-order valence-corrected chi connectivity index (χ4v) is 3.03. The molecule has 0 bridgehead atoms. The van der Waals surface area contributed by atoms with Crippen LogP contribution in [0.4, 0.5) is 0 Å². The molecule has 1 amide bonds. The maximum absolute atomic E-state index is 12.5. The van der Waals surface area contributed by atoms with Crippen molar-refractivity contribution in [2.24, 2.45) is 11.1 Å². The van der Waals surface area contributed by atoms with Crippen LogP contribution in [0.1, 0.15) is 43.7 Å². The minimum Gasteiger partial charge on any atom is -0.340 e. The molecule has 0 aliphatic carbocycles. The van der Waals surface area contributed by atoms with E-state index in [4.69, 9.17) is 5.14 Å². The first-order valence-electron chi connectivity index (χ1n) is 6.74. The normalized spacial score (nSPS) is 19.9. The summed E-state index contributed by atoms with van der Waals surface area (Å²) >= 11 is 0. The molecule has 0 spiro atoms. The summed E-state index contributed by atoms with van der Waals surface area (Å²) in [7, 11) is -3.80. The van der Waals surface area contributed by atoms with Gasteiger partial charge in [0.1, 0.15) is 10.6 Å². The van der Waals surface area contributed by atoms with Crippen LogP contribution in [0.15, 0.2) is 17.2 Å². The molecule has 20 heavy (non-hydrogen) atoms. The minimum absolute atomic E-state index is 0.00974. The second-order valence-electron chi connectivity index (χ2n) is 5.75. The molecule has 7 heteroatoms. The van der Waals surface area contributed by atoms with Gasteiger partial charge in [0.15, 0.2) is 0 Å². The number of sulfonamides is 1. The Morgan fingerprint density at radius 3 is 2.55 bits per heavy atom. The number of amides is 1. The zero-order valence-corrected chi connectivity index (χ0v) is 12.9. The van der Waals surface area contributed by atoms with Crippen LogP contribution >= 0.6 is 0 Å². The zero-order chi connectivity index (χ0) is 15.1. The summed E-state index contributed by atoms with van der Waals surface area (Å²) in [5.41, 5.74) is 0.387. The molecule has 1 saturated heterocycles. The third-order valence-electron chi connectivity index (χ3n) is 3.64. The number of hydrogen-bond acceptors (Lipinski definition) is 3. The van der Waals surface area contributed by atoms with Gasteiger partial charge in [0.2, 0.25) is 10.0 Å². The summed E-state index contributed by atoms with van der Waals surface area (Å²) in [5.74, 6) is 0.358. The van der Waals surface area contributed by atoms with Crippen molar-refractivity contribution >= 4 is 15.9 Å². The number of primary sulfonamides is 1. The molecule has 1 aliphatic heterocycles. The van der Waals surface area contributed by atoms with Gasteiger partial charge in [-0.05, 0) is 32.3 Å². The van der Waals surface area contributed by atoms with E-state index >= 15 is 0 Å². The summed E-state index contributed by atoms with van der Waals surface area (Å²) in [6.45, 7) is 7.33.